The third kappa shape index (κ3) is 9.28. The lowest BCUT2D eigenvalue weighted by Gasteiger charge is -2.20. The minimum absolute atomic E-state index is 0.124. The molecule has 5 heteroatoms. The van der Waals surface area contributed by atoms with Gasteiger partial charge in [-0.25, -0.2) is 4.79 Å². The van der Waals surface area contributed by atoms with E-state index in [-0.39, 0.29) is 6.10 Å². The molecule has 0 unspecified atom stereocenters. The van der Waals surface area contributed by atoms with Crippen molar-refractivity contribution in [2.45, 2.75) is 45.8 Å². The van der Waals surface area contributed by atoms with Gasteiger partial charge in [-0.05, 0) is 27.7 Å². The minimum atomic E-state index is -0.491. The van der Waals surface area contributed by atoms with Crippen molar-refractivity contribution in [2.24, 2.45) is 0 Å². The summed E-state index contributed by atoms with van der Waals surface area (Å²) in [6.45, 7) is 8.00. The maximum Gasteiger partial charge on any atom is 0.407 e. The Morgan fingerprint density at radius 1 is 1.50 bits per heavy atom. The number of nitrogens with zero attached hydrogens (tertiary/aromatic N) is 1. The van der Waals surface area contributed by atoms with E-state index < -0.39 is 11.7 Å². The Morgan fingerprint density at radius 2 is 2.12 bits per heavy atom. The van der Waals surface area contributed by atoms with Crippen molar-refractivity contribution in [3.8, 4) is 6.07 Å². The fourth-order valence-electron chi connectivity index (χ4n) is 0.906. The van der Waals surface area contributed by atoms with Crippen LogP contribution in [-0.4, -0.2) is 30.9 Å². The molecule has 0 aromatic carbocycles. The molecule has 0 rings (SSSR count). The number of alkyl carbamates (subject to hydrolysis) is 1. The van der Waals surface area contributed by atoms with Crippen LogP contribution in [0.25, 0.3) is 0 Å². The molecule has 0 spiro atoms. The smallest absolute Gasteiger partial charge is 0.407 e. The average Bonchev–Trinajstić information content (AvgIpc) is 2.12. The number of hydrogen-bond donors (Lipinski definition) is 1. The Bertz CT molecular complexity index is 253. The number of nitrogens with one attached hydrogen (secondary N) is 1. The van der Waals surface area contributed by atoms with Crippen molar-refractivity contribution in [3.05, 3.63) is 0 Å². The van der Waals surface area contributed by atoms with Gasteiger partial charge in [0.25, 0.3) is 0 Å². The standard InChI is InChI=1S/C11H20N2O3/c1-9(15-7-5-6-12)8-13-10(14)16-11(2,3)4/h9H,5,7-8H2,1-4H3,(H,13,14)/t9-/m1/s1. The van der Waals surface area contributed by atoms with Gasteiger partial charge in [0, 0.05) is 6.54 Å². The second kappa shape index (κ2) is 7.07. The highest BCUT2D eigenvalue weighted by Gasteiger charge is 2.16. The van der Waals surface area contributed by atoms with E-state index in [9.17, 15) is 4.79 Å². The van der Waals surface area contributed by atoms with Crippen LogP contribution in [0, 0.1) is 11.3 Å². The first-order chi connectivity index (χ1) is 7.35. The van der Waals surface area contributed by atoms with Gasteiger partial charge in [0.05, 0.1) is 25.2 Å². The van der Waals surface area contributed by atoms with Crippen LogP contribution in [0.1, 0.15) is 34.1 Å². The number of carbonyl (C=O) groups is 1. The zero-order valence-electron chi connectivity index (χ0n) is 10.4. The molecule has 0 aliphatic rings. The number of hydrogen-bond acceptors (Lipinski definition) is 4. The van der Waals surface area contributed by atoms with Crippen molar-refractivity contribution in [3.63, 3.8) is 0 Å². The Morgan fingerprint density at radius 3 is 2.62 bits per heavy atom. The van der Waals surface area contributed by atoms with Gasteiger partial charge in [-0.2, -0.15) is 5.26 Å². The molecule has 0 radical (unpaired) electrons. The second-order valence-electron chi connectivity index (χ2n) is 4.47. The summed E-state index contributed by atoms with van der Waals surface area (Å²) in [5.74, 6) is 0. The third-order valence-corrected chi connectivity index (χ3v) is 1.55. The summed E-state index contributed by atoms with van der Waals surface area (Å²) in [4.78, 5) is 11.3. The maximum absolute atomic E-state index is 11.3. The zero-order valence-corrected chi connectivity index (χ0v) is 10.4. The predicted octanol–water partition coefficient (Wildman–Crippen LogP) is 1.83. The molecule has 1 N–H and O–H groups in total. The Labute approximate surface area is 96.7 Å². The van der Waals surface area contributed by atoms with E-state index >= 15 is 0 Å². The van der Waals surface area contributed by atoms with Gasteiger partial charge in [-0.3, -0.25) is 0 Å². The van der Waals surface area contributed by atoms with Gasteiger partial charge in [-0.1, -0.05) is 0 Å². The lowest BCUT2D eigenvalue weighted by atomic mass is 10.2. The molecule has 1 atom stereocenters. The molecule has 16 heavy (non-hydrogen) atoms. The van der Waals surface area contributed by atoms with Gasteiger partial charge in [-0.15, -0.1) is 0 Å². The van der Waals surface area contributed by atoms with Crippen LogP contribution in [-0.2, 0) is 9.47 Å². The van der Waals surface area contributed by atoms with Crippen molar-refractivity contribution in [2.75, 3.05) is 13.2 Å². The number of ether oxygens (including phenoxy) is 2. The van der Waals surface area contributed by atoms with Crippen LogP contribution in [0.4, 0.5) is 4.79 Å². The SMILES string of the molecule is C[C@H](CNC(=O)OC(C)(C)C)OCCC#N. The normalized spacial score (nSPS) is 12.7. The molecule has 5 nitrogen and oxygen atoms in total. The molecular formula is C11H20N2O3. The first kappa shape index (κ1) is 14.7. The van der Waals surface area contributed by atoms with E-state index in [4.69, 9.17) is 14.7 Å². The average molecular weight is 228 g/mol. The number of rotatable bonds is 5. The number of amides is 1. The molecule has 0 heterocycles. The van der Waals surface area contributed by atoms with Gasteiger partial charge < -0.3 is 14.8 Å². The van der Waals surface area contributed by atoms with Crippen molar-refractivity contribution in [1.29, 1.82) is 5.26 Å². The van der Waals surface area contributed by atoms with E-state index in [2.05, 4.69) is 5.32 Å². The van der Waals surface area contributed by atoms with Crippen LogP contribution < -0.4 is 5.32 Å². The summed E-state index contributed by atoms with van der Waals surface area (Å²) in [7, 11) is 0. The first-order valence-electron chi connectivity index (χ1n) is 5.30. The van der Waals surface area contributed by atoms with Crippen molar-refractivity contribution in [1.82, 2.24) is 5.32 Å². The third-order valence-electron chi connectivity index (χ3n) is 1.55. The molecule has 0 aliphatic carbocycles. The zero-order chi connectivity index (χ0) is 12.6. The topological polar surface area (TPSA) is 71.3 Å². The second-order valence-corrected chi connectivity index (χ2v) is 4.47. The van der Waals surface area contributed by atoms with E-state index in [1.807, 2.05) is 13.0 Å². The van der Waals surface area contributed by atoms with Crippen molar-refractivity contribution >= 4 is 6.09 Å². The van der Waals surface area contributed by atoms with Crippen LogP contribution in [0.5, 0.6) is 0 Å². The monoisotopic (exact) mass is 228 g/mol. The van der Waals surface area contributed by atoms with Crippen LogP contribution in [0.2, 0.25) is 0 Å². The molecule has 0 saturated carbocycles. The molecule has 0 aliphatic heterocycles. The fourth-order valence-corrected chi connectivity index (χ4v) is 0.906. The van der Waals surface area contributed by atoms with E-state index in [0.29, 0.717) is 19.6 Å². The predicted molar refractivity (Wildman–Crippen MR) is 59.9 cm³/mol. The van der Waals surface area contributed by atoms with Crippen molar-refractivity contribution < 1.29 is 14.3 Å². The van der Waals surface area contributed by atoms with Crippen LogP contribution >= 0.6 is 0 Å². The minimum Gasteiger partial charge on any atom is -0.444 e. The van der Waals surface area contributed by atoms with Gasteiger partial charge in [0.1, 0.15) is 5.60 Å². The van der Waals surface area contributed by atoms with Crippen LogP contribution in [0.3, 0.4) is 0 Å². The van der Waals surface area contributed by atoms with E-state index in [1.165, 1.54) is 0 Å². The molecule has 1 amide bonds. The molecular weight excluding hydrogens is 208 g/mol. The highest BCUT2D eigenvalue weighted by Crippen LogP contribution is 2.06. The number of carbonyl (C=O) groups excluding carboxylic acids is 1. The summed E-state index contributed by atoms with van der Waals surface area (Å²) in [5, 5.41) is 10.9. The van der Waals surface area contributed by atoms with Gasteiger partial charge >= 0.3 is 6.09 Å². The van der Waals surface area contributed by atoms with Gasteiger partial charge in [0.15, 0.2) is 0 Å². The molecule has 0 saturated heterocycles. The summed E-state index contributed by atoms with van der Waals surface area (Å²) < 4.78 is 10.3. The Hall–Kier alpha value is -1.28. The molecule has 92 valence electrons. The largest absolute Gasteiger partial charge is 0.444 e. The van der Waals surface area contributed by atoms with Gasteiger partial charge in [0.2, 0.25) is 0 Å². The Balaban J connectivity index is 3.64. The lowest BCUT2D eigenvalue weighted by molar-refractivity contribution is 0.0408. The summed E-state index contributed by atoms with van der Waals surface area (Å²) in [5.41, 5.74) is -0.491. The first-order valence-corrected chi connectivity index (χ1v) is 5.30. The lowest BCUT2D eigenvalue weighted by Crippen LogP contribution is -2.36. The fraction of sp³-hybridized carbons (Fsp3) is 0.818. The van der Waals surface area contributed by atoms with Crippen LogP contribution in [0.15, 0.2) is 0 Å². The van der Waals surface area contributed by atoms with E-state index in [1.54, 1.807) is 20.8 Å². The number of nitriles is 1. The highest BCUT2D eigenvalue weighted by molar-refractivity contribution is 5.67. The maximum atomic E-state index is 11.3. The summed E-state index contributed by atoms with van der Waals surface area (Å²) in [6.07, 6.45) is -0.222. The summed E-state index contributed by atoms with van der Waals surface area (Å²) in [6, 6.07) is 1.98. The molecule has 0 aromatic heterocycles. The Kier molecular flexibility index (Phi) is 6.50. The molecule has 0 aromatic rings. The quantitative estimate of drug-likeness (QED) is 0.729. The highest BCUT2D eigenvalue weighted by atomic mass is 16.6. The summed E-state index contributed by atoms with van der Waals surface area (Å²) >= 11 is 0. The molecule has 0 bridgehead atoms. The molecule has 0 fully saturated rings. The van der Waals surface area contributed by atoms with E-state index in [0.717, 1.165) is 0 Å².